The van der Waals surface area contributed by atoms with E-state index >= 15 is 0 Å². The number of carbonyl (C=O) groups excluding carboxylic acids is 2. The molecular weight excluding hydrogens is 329 g/mol. The molecule has 22 heavy (non-hydrogen) atoms. The topological polar surface area (TPSA) is 66.8 Å². The van der Waals surface area contributed by atoms with Crippen LogP contribution in [0.5, 0.6) is 0 Å². The Hall–Kier alpha value is -1.40. The van der Waals surface area contributed by atoms with Gasteiger partial charge in [-0.2, -0.15) is 0 Å². The SMILES string of the molecule is O=C1C2C3C=CC(CO)(O3)C2C(=O)N1c1ccc(Cl)c(Cl)c1. The molecule has 7 heteroatoms. The van der Waals surface area contributed by atoms with Gasteiger partial charge < -0.3 is 9.84 Å². The predicted octanol–water partition coefficient (Wildman–Crippen LogP) is 1.80. The molecule has 0 radical (unpaired) electrons. The van der Waals surface area contributed by atoms with Crippen molar-refractivity contribution in [2.45, 2.75) is 11.7 Å². The Bertz CT molecular complexity index is 734. The molecule has 5 nitrogen and oxygen atoms in total. The number of benzene rings is 1. The van der Waals surface area contributed by atoms with Crippen LogP contribution in [0, 0.1) is 11.8 Å². The Morgan fingerprint density at radius 3 is 2.68 bits per heavy atom. The molecule has 1 aromatic carbocycles. The summed E-state index contributed by atoms with van der Waals surface area (Å²) in [6.45, 7) is -0.338. The minimum absolute atomic E-state index is 0.269. The molecule has 4 atom stereocenters. The van der Waals surface area contributed by atoms with Crippen molar-refractivity contribution in [3.05, 3.63) is 40.4 Å². The van der Waals surface area contributed by atoms with Gasteiger partial charge in [0.25, 0.3) is 0 Å². The van der Waals surface area contributed by atoms with Crippen LogP contribution >= 0.6 is 23.2 Å². The lowest BCUT2D eigenvalue weighted by atomic mass is 9.77. The van der Waals surface area contributed by atoms with Crippen molar-refractivity contribution >= 4 is 40.7 Å². The number of aliphatic hydroxyl groups excluding tert-OH is 1. The first-order valence-electron chi connectivity index (χ1n) is 6.79. The molecule has 2 saturated heterocycles. The lowest BCUT2D eigenvalue weighted by Crippen LogP contribution is -2.43. The third kappa shape index (κ3) is 1.62. The second-order valence-corrected chi connectivity index (χ2v) is 6.48. The molecule has 4 unspecified atom stereocenters. The quantitative estimate of drug-likeness (QED) is 0.659. The number of halogens is 2. The first kappa shape index (κ1) is 14.2. The zero-order valence-corrected chi connectivity index (χ0v) is 12.7. The van der Waals surface area contributed by atoms with Crippen LogP contribution in [0.3, 0.4) is 0 Å². The van der Waals surface area contributed by atoms with Crippen molar-refractivity contribution in [2.24, 2.45) is 11.8 Å². The zero-order valence-electron chi connectivity index (χ0n) is 11.2. The monoisotopic (exact) mass is 339 g/mol. The molecule has 1 aromatic rings. The summed E-state index contributed by atoms with van der Waals surface area (Å²) in [5.41, 5.74) is -0.709. The summed E-state index contributed by atoms with van der Waals surface area (Å²) in [6.07, 6.45) is 2.95. The standard InChI is InChI=1S/C15H11Cl2NO4/c16-8-2-1-7(5-9(8)17)18-13(20)11-10-3-4-15(6-19,22-10)12(11)14(18)21/h1-5,10-12,19H,6H2. The van der Waals surface area contributed by atoms with Crippen LogP contribution in [0.15, 0.2) is 30.4 Å². The third-order valence-corrected chi connectivity index (χ3v) is 5.30. The van der Waals surface area contributed by atoms with E-state index in [2.05, 4.69) is 0 Å². The number of imide groups is 1. The summed E-state index contributed by atoms with van der Waals surface area (Å²) in [5.74, 6) is -2.01. The average Bonchev–Trinajstić information content (AvgIpc) is 3.14. The van der Waals surface area contributed by atoms with E-state index < -0.39 is 23.5 Å². The second-order valence-electron chi connectivity index (χ2n) is 5.67. The predicted molar refractivity (Wildman–Crippen MR) is 79.8 cm³/mol. The van der Waals surface area contributed by atoms with E-state index in [4.69, 9.17) is 27.9 Å². The number of hydrogen-bond donors (Lipinski definition) is 1. The molecule has 0 saturated carbocycles. The van der Waals surface area contributed by atoms with Gasteiger partial charge >= 0.3 is 0 Å². The van der Waals surface area contributed by atoms with Crippen LogP contribution in [-0.2, 0) is 14.3 Å². The van der Waals surface area contributed by atoms with Gasteiger partial charge in [0.15, 0.2) is 0 Å². The van der Waals surface area contributed by atoms with E-state index in [1.165, 1.54) is 6.07 Å². The van der Waals surface area contributed by atoms with Crippen molar-refractivity contribution in [1.29, 1.82) is 0 Å². The normalized spacial score (nSPS) is 35.6. The van der Waals surface area contributed by atoms with Crippen LogP contribution in [0.2, 0.25) is 10.0 Å². The Morgan fingerprint density at radius 1 is 1.23 bits per heavy atom. The Balaban J connectivity index is 1.77. The molecular formula is C15H11Cl2NO4. The summed E-state index contributed by atoms with van der Waals surface area (Å²) in [4.78, 5) is 26.5. The summed E-state index contributed by atoms with van der Waals surface area (Å²) in [5, 5.41) is 10.3. The number of carbonyl (C=O) groups is 2. The van der Waals surface area contributed by atoms with Crippen molar-refractivity contribution < 1.29 is 19.4 Å². The highest BCUT2D eigenvalue weighted by Crippen LogP contribution is 2.52. The molecule has 0 aromatic heterocycles. The highest BCUT2D eigenvalue weighted by molar-refractivity contribution is 6.42. The van der Waals surface area contributed by atoms with Crippen LogP contribution < -0.4 is 4.90 Å². The number of rotatable bonds is 2. The van der Waals surface area contributed by atoms with Crippen LogP contribution in [0.1, 0.15) is 0 Å². The van der Waals surface area contributed by atoms with E-state index in [-0.39, 0.29) is 23.4 Å². The maximum atomic E-state index is 12.8. The number of nitrogens with zero attached hydrogens (tertiary/aromatic N) is 1. The first-order valence-corrected chi connectivity index (χ1v) is 7.55. The fourth-order valence-electron chi connectivity index (χ4n) is 3.56. The second kappa shape index (κ2) is 4.55. The number of fused-ring (bicyclic) bond motifs is 5. The van der Waals surface area contributed by atoms with E-state index in [9.17, 15) is 14.7 Å². The van der Waals surface area contributed by atoms with E-state index in [0.29, 0.717) is 10.7 Å². The van der Waals surface area contributed by atoms with E-state index in [1.807, 2.05) is 0 Å². The van der Waals surface area contributed by atoms with Crippen molar-refractivity contribution in [3.63, 3.8) is 0 Å². The van der Waals surface area contributed by atoms with Gasteiger partial charge in [-0.15, -0.1) is 0 Å². The maximum Gasteiger partial charge on any atom is 0.241 e. The lowest BCUT2D eigenvalue weighted by molar-refractivity contribution is -0.128. The molecule has 3 heterocycles. The summed E-state index contributed by atoms with van der Waals surface area (Å²) < 4.78 is 5.67. The molecule has 3 aliphatic heterocycles. The van der Waals surface area contributed by atoms with Gasteiger partial charge in [0.05, 0.1) is 40.3 Å². The van der Waals surface area contributed by atoms with Crippen molar-refractivity contribution in [3.8, 4) is 0 Å². The molecule has 114 valence electrons. The maximum absolute atomic E-state index is 12.8. The molecule has 1 N–H and O–H groups in total. The molecule has 2 fully saturated rings. The van der Waals surface area contributed by atoms with Gasteiger partial charge in [0.2, 0.25) is 11.8 Å². The summed E-state index contributed by atoms with van der Waals surface area (Å²) >= 11 is 11.8. The van der Waals surface area contributed by atoms with Gasteiger partial charge in [-0.25, -0.2) is 4.90 Å². The first-order chi connectivity index (χ1) is 10.5. The minimum atomic E-state index is -1.09. The molecule has 3 aliphatic rings. The highest BCUT2D eigenvalue weighted by atomic mass is 35.5. The van der Waals surface area contributed by atoms with Crippen LogP contribution in [-0.4, -0.2) is 35.2 Å². The van der Waals surface area contributed by atoms with Gasteiger partial charge in [-0.3, -0.25) is 9.59 Å². The van der Waals surface area contributed by atoms with E-state index in [1.54, 1.807) is 24.3 Å². The number of anilines is 1. The third-order valence-electron chi connectivity index (χ3n) is 4.56. The zero-order chi connectivity index (χ0) is 15.6. The van der Waals surface area contributed by atoms with Gasteiger partial charge in [-0.05, 0) is 18.2 Å². The number of amides is 2. The molecule has 0 aliphatic carbocycles. The molecule has 0 spiro atoms. The number of hydrogen-bond acceptors (Lipinski definition) is 4. The largest absolute Gasteiger partial charge is 0.393 e. The Morgan fingerprint density at radius 2 is 2.00 bits per heavy atom. The lowest BCUT2D eigenvalue weighted by Gasteiger charge is -2.26. The van der Waals surface area contributed by atoms with Crippen molar-refractivity contribution in [2.75, 3.05) is 11.5 Å². The average molecular weight is 340 g/mol. The van der Waals surface area contributed by atoms with Gasteiger partial charge in [-0.1, -0.05) is 35.4 Å². The highest BCUT2D eigenvalue weighted by Gasteiger charge is 2.67. The Kier molecular flexibility index (Phi) is 2.94. The van der Waals surface area contributed by atoms with Crippen LogP contribution in [0.25, 0.3) is 0 Å². The Labute approximate surface area is 136 Å². The smallest absolute Gasteiger partial charge is 0.241 e. The summed E-state index contributed by atoms with van der Waals surface area (Å²) in [7, 11) is 0. The van der Waals surface area contributed by atoms with Crippen LogP contribution in [0.4, 0.5) is 5.69 Å². The fourth-order valence-corrected chi connectivity index (χ4v) is 3.85. The van der Waals surface area contributed by atoms with Gasteiger partial charge in [0.1, 0.15) is 5.60 Å². The fraction of sp³-hybridized carbons (Fsp3) is 0.333. The molecule has 2 bridgehead atoms. The summed E-state index contributed by atoms with van der Waals surface area (Å²) in [6, 6.07) is 4.61. The van der Waals surface area contributed by atoms with Crippen molar-refractivity contribution in [1.82, 2.24) is 0 Å². The molecule has 4 rings (SSSR count). The van der Waals surface area contributed by atoms with E-state index in [0.717, 1.165) is 4.90 Å². The van der Waals surface area contributed by atoms with Gasteiger partial charge in [0, 0.05) is 0 Å². The number of aliphatic hydroxyl groups is 1. The molecule has 2 amide bonds. The minimum Gasteiger partial charge on any atom is -0.393 e. The number of ether oxygens (including phenoxy) is 1.